The molecule has 5 aliphatic rings. The van der Waals surface area contributed by atoms with Crippen molar-refractivity contribution in [2.75, 3.05) is 205 Å². The number of nitrogens with zero attached hydrogens (tertiary/aromatic N) is 3. The van der Waals surface area contributed by atoms with Crippen LogP contribution in [0.25, 0.3) is 16.6 Å². The third kappa shape index (κ3) is 32.9. The number of Topliss-reactive ketones (excluding diaryl/α,β-unsaturated/α-hetero) is 3. The molecule has 1 saturated heterocycles. The van der Waals surface area contributed by atoms with E-state index in [9.17, 15) is 57.8 Å². The quantitative estimate of drug-likeness (QED) is 0.0171. The summed E-state index contributed by atoms with van der Waals surface area (Å²) in [7, 11) is 1.63. The molecule has 122 heavy (non-hydrogen) atoms. The van der Waals surface area contributed by atoms with Gasteiger partial charge in [-0.2, -0.15) is 0 Å². The number of fused-ring (bicyclic) bond motifs is 4. The van der Waals surface area contributed by atoms with Crippen molar-refractivity contribution in [2.45, 2.75) is 160 Å². The van der Waals surface area contributed by atoms with Crippen molar-refractivity contribution in [3.8, 4) is 0 Å². The maximum absolute atomic E-state index is 15.5. The molecule has 1 aromatic heterocycles. The van der Waals surface area contributed by atoms with E-state index in [4.69, 9.17) is 76.0 Å². The molecule has 5 heterocycles. The summed E-state index contributed by atoms with van der Waals surface area (Å²) in [6.07, 6.45) is 4.13. The summed E-state index contributed by atoms with van der Waals surface area (Å²) in [5.41, 5.74) is 3.23. The van der Waals surface area contributed by atoms with Gasteiger partial charge in [-0.15, -0.1) is 0 Å². The van der Waals surface area contributed by atoms with Crippen LogP contribution in [0.5, 0.6) is 0 Å². The maximum atomic E-state index is 15.5. The van der Waals surface area contributed by atoms with Crippen LogP contribution in [0.3, 0.4) is 0 Å². The van der Waals surface area contributed by atoms with Crippen LogP contribution in [0.4, 0.5) is 4.39 Å². The number of methoxy groups -OCH3 is 1. The van der Waals surface area contributed by atoms with E-state index in [2.05, 4.69) is 21.3 Å². The first-order chi connectivity index (χ1) is 59.2. The number of ketones is 3. The molecule has 5 N–H and O–H groups in total. The summed E-state index contributed by atoms with van der Waals surface area (Å²) in [4.78, 5) is 153. The second-order valence-electron chi connectivity index (χ2n) is 30.2. The first-order valence-corrected chi connectivity index (χ1v) is 42.6. The number of unbranched alkanes of at least 4 members (excludes halogenated alkanes) is 3. The fourth-order valence-corrected chi connectivity index (χ4v) is 14.7. The Bertz CT molecular complexity index is 3960. The van der Waals surface area contributed by atoms with Gasteiger partial charge >= 0.3 is 11.9 Å². The number of ether oxygens (including phenoxy) is 15. The standard InChI is InChI=1S/C87H124FN7O27/c1-5-87(107)68-53-73-83-67(56-94(73)55-66(68)85(105)122-86(87)106)81-63(18-19-65-61(3)69(88)54-72(93-83)82(65)81)52-64(96)57-121-59-90-76(99)22-20-75(98)71(51-62-14-8-6-9-15-62)92-78(101)23-21-74(97)70(91-77(100)17-10-7-13-25-95-80(103)50-60(2)84(95)104)16-11-12-24-89-79(102)58-120-49-48-119-47-46-118-45-44-117-43-42-116-41-40-115-39-38-114-37-36-113-35-34-112-33-32-111-31-30-110-29-28-109-27-26-108-4/h6,8-9,14-15,53-54,60,63,70-71,107H,5,7,10-13,16-52,55-59H2,1-4H3,(H,89,102)(H,90,99)(H,91,100)(H,92,101)/t60?,63-,70+,71+,87+/m1/s1. The fourth-order valence-electron chi connectivity index (χ4n) is 14.7. The first-order valence-electron chi connectivity index (χ1n) is 42.6. The van der Waals surface area contributed by atoms with E-state index in [1.54, 1.807) is 64.3 Å². The van der Waals surface area contributed by atoms with Gasteiger partial charge in [-0.1, -0.05) is 50.6 Å². The van der Waals surface area contributed by atoms with Crippen LogP contribution in [-0.4, -0.2) is 308 Å². The van der Waals surface area contributed by atoms with Crippen LogP contribution in [0.2, 0.25) is 0 Å². The molecule has 1 fully saturated rings. The summed E-state index contributed by atoms with van der Waals surface area (Å²) < 4.78 is 97.0. The van der Waals surface area contributed by atoms with E-state index < -0.39 is 64.7 Å². The highest BCUT2D eigenvalue weighted by molar-refractivity contribution is 6.08. The molecule has 34 nitrogen and oxygen atoms in total. The molecule has 6 amide bonds. The lowest BCUT2D eigenvalue weighted by molar-refractivity contribution is -0.172. The number of hydrogen-bond donors (Lipinski definition) is 5. The molecule has 5 atom stereocenters. The Kier molecular flexibility index (Phi) is 44.7. The van der Waals surface area contributed by atoms with Crippen molar-refractivity contribution in [1.29, 1.82) is 0 Å². The van der Waals surface area contributed by atoms with Gasteiger partial charge in [0.1, 0.15) is 25.8 Å². The molecule has 8 rings (SSSR count). The van der Waals surface area contributed by atoms with Crippen LogP contribution in [-0.2, 0) is 143 Å². The van der Waals surface area contributed by atoms with Crippen molar-refractivity contribution in [3.63, 3.8) is 0 Å². The monoisotopic (exact) mass is 1720 g/mol. The summed E-state index contributed by atoms with van der Waals surface area (Å²) in [6.45, 7) is 15.2. The van der Waals surface area contributed by atoms with Gasteiger partial charge < -0.3 is 102 Å². The number of likely N-dealkylation sites (tertiary alicyclic amines) is 1. The van der Waals surface area contributed by atoms with Crippen LogP contribution in [0.15, 0.2) is 53.6 Å². The highest BCUT2D eigenvalue weighted by Crippen LogP contribution is 2.49. The molecular weight excluding hydrogens is 1590 g/mol. The zero-order chi connectivity index (χ0) is 87.3. The number of rotatable bonds is 68. The highest BCUT2D eigenvalue weighted by Gasteiger charge is 2.51. The second kappa shape index (κ2) is 55.1. The fraction of sp³-hybridized carbons (Fsp3) is 0.655. The Hall–Kier alpha value is -8.37. The molecule has 4 aliphatic heterocycles. The zero-order valence-electron chi connectivity index (χ0n) is 71.1. The average Bonchev–Trinajstić information content (AvgIpc) is 1.52. The van der Waals surface area contributed by atoms with Gasteiger partial charge in [-0.05, 0) is 99.0 Å². The third-order valence-electron chi connectivity index (χ3n) is 21.3. The van der Waals surface area contributed by atoms with Crippen LogP contribution in [0, 0.1) is 18.7 Å². The number of carbonyl (C=O) groups is 11. The van der Waals surface area contributed by atoms with E-state index in [0.717, 1.165) is 27.6 Å². The number of aryl methyl sites for hydroxylation is 1. The first kappa shape index (κ1) is 99.1. The molecule has 35 heteroatoms. The second-order valence-corrected chi connectivity index (χ2v) is 30.2. The Morgan fingerprint density at radius 3 is 1.70 bits per heavy atom. The predicted octanol–water partition coefficient (Wildman–Crippen LogP) is 4.45. The number of esters is 2. The largest absolute Gasteiger partial charge is 0.387 e. The topological polar surface area (TPSA) is 414 Å². The Morgan fingerprint density at radius 1 is 0.607 bits per heavy atom. The van der Waals surface area contributed by atoms with Gasteiger partial charge in [0.05, 0.1) is 200 Å². The number of aromatic nitrogens is 1. The third-order valence-corrected chi connectivity index (χ3v) is 21.3. The number of nitrogens with one attached hydrogen (secondary N) is 4. The average molecular weight is 1720 g/mol. The van der Waals surface area contributed by atoms with E-state index in [-0.39, 0.29) is 170 Å². The van der Waals surface area contributed by atoms with Gasteiger partial charge in [0.15, 0.2) is 23.0 Å². The molecular formula is C87H124FN7O27. The van der Waals surface area contributed by atoms with Crippen molar-refractivity contribution < 1.29 is 133 Å². The molecule has 2 aromatic carbocycles. The van der Waals surface area contributed by atoms with Crippen molar-refractivity contribution in [3.05, 3.63) is 92.9 Å². The number of aliphatic hydroxyl groups is 1. The summed E-state index contributed by atoms with van der Waals surface area (Å²) >= 11 is 0. The number of amides is 6. The molecule has 0 radical (unpaired) electrons. The SMILES string of the molecule is CC[C@@]1(O)C(=O)OC(=O)C2=C1C=C1c3nc4cc(F)c(C)c5c4c(c3CN1C2)[C@@H](CC(=O)COCNC(=O)CCC(=O)[C@H](Cc1ccccc1)NC(=O)CCC(=O)[C@H](CCCCNC(=O)COCCOCCOCCOCCOCCOCCOCCOCCOCCOCCOCCOCCOC)NC(=O)CCCCCN1C(=O)CC(C)C1=O)CC5. The van der Waals surface area contributed by atoms with Gasteiger partial charge in [-0.25, -0.2) is 19.0 Å². The number of carbonyl (C=O) groups excluding carboxylic acids is 11. The molecule has 0 spiro atoms. The highest BCUT2D eigenvalue weighted by atomic mass is 19.1. The lowest BCUT2D eigenvalue weighted by atomic mass is 9.76. The summed E-state index contributed by atoms with van der Waals surface area (Å²) in [6, 6.07) is 8.21. The molecule has 676 valence electrons. The molecule has 1 aliphatic carbocycles. The van der Waals surface area contributed by atoms with Crippen molar-refractivity contribution >= 4 is 81.3 Å². The minimum Gasteiger partial charge on any atom is -0.387 e. The van der Waals surface area contributed by atoms with Crippen molar-refractivity contribution in [2.24, 2.45) is 5.92 Å². The number of benzene rings is 2. The van der Waals surface area contributed by atoms with E-state index in [1.807, 2.05) is 4.90 Å². The van der Waals surface area contributed by atoms with Gasteiger partial charge in [0.25, 0.3) is 0 Å². The van der Waals surface area contributed by atoms with Gasteiger partial charge in [0.2, 0.25) is 35.4 Å². The number of halogens is 1. The lowest BCUT2D eigenvalue weighted by Gasteiger charge is -2.36. The minimum atomic E-state index is -2.06. The molecule has 0 saturated carbocycles. The van der Waals surface area contributed by atoms with E-state index in [0.29, 0.717) is 213 Å². The van der Waals surface area contributed by atoms with Crippen LogP contribution < -0.4 is 21.3 Å². The van der Waals surface area contributed by atoms with Crippen LogP contribution >= 0.6 is 0 Å². The summed E-state index contributed by atoms with van der Waals surface area (Å²) in [5.74, 6) is -6.59. The summed E-state index contributed by atoms with van der Waals surface area (Å²) in [5, 5.41) is 23.2. The van der Waals surface area contributed by atoms with Crippen LogP contribution in [0.1, 0.15) is 150 Å². The number of pyridine rings is 1. The number of hydrogen-bond acceptors (Lipinski definition) is 29. The number of cyclic esters (lactones) is 2. The van der Waals surface area contributed by atoms with Gasteiger partial charge in [0, 0.05) is 100 Å². The maximum Gasteiger partial charge on any atom is 0.350 e. The van der Waals surface area contributed by atoms with Gasteiger partial charge in [-0.3, -0.25) is 48.1 Å². The molecule has 0 bridgehead atoms. The molecule has 3 aromatic rings. The predicted molar refractivity (Wildman–Crippen MR) is 438 cm³/mol. The Labute approximate surface area is 711 Å². The number of imide groups is 1. The van der Waals surface area contributed by atoms with Crippen molar-refractivity contribution in [1.82, 2.24) is 36.1 Å². The Morgan fingerprint density at radius 2 is 1.15 bits per heavy atom. The lowest BCUT2D eigenvalue weighted by Crippen LogP contribution is -2.49. The van der Waals surface area contributed by atoms with E-state index in [1.165, 1.54) is 11.0 Å². The molecule has 1 unspecified atom stereocenters. The minimum absolute atomic E-state index is 0.0212. The zero-order valence-corrected chi connectivity index (χ0v) is 71.1. The smallest absolute Gasteiger partial charge is 0.350 e. The Balaban J connectivity index is 0.670. The normalized spacial score (nSPS) is 17.1. The van der Waals surface area contributed by atoms with E-state index >= 15 is 4.39 Å².